The Labute approximate surface area is 221 Å². The first-order valence-electron chi connectivity index (χ1n) is 13.7. The summed E-state index contributed by atoms with van der Waals surface area (Å²) in [6.07, 6.45) is 8.18. The molecule has 3 fully saturated rings. The highest BCUT2D eigenvalue weighted by molar-refractivity contribution is 7.80. The molecule has 0 aliphatic carbocycles. The zero-order valence-corrected chi connectivity index (χ0v) is 22.4. The lowest BCUT2D eigenvalue weighted by molar-refractivity contribution is 0.0515. The molecule has 3 saturated heterocycles. The van der Waals surface area contributed by atoms with E-state index in [1.54, 1.807) is 0 Å². The summed E-state index contributed by atoms with van der Waals surface area (Å²) in [5.74, 6) is 3.28. The van der Waals surface area contributed by atoms with Crippen LogP contribution in [0.1, 0.15) is 57.4 Å². The van der Waals surface area contributed by atoms with Gasteiger partial charge in [0.25, 0.3) is 0 Å². The van der Waals surface area contributed by atoms with Crippen molar-refractivity contribution < 1.29 is 4.74 Å². The number of benzene rings is 1. The summed E-state index contributed by atoms with van der Waals surface area (Å²) in [7, 11) is 0. The number of hydrogen-bond donors (Lipinski definition) is 2. The number of hydrogen-bond acceptors (Lipinski definition) is 6. The maximum atomic E-state index is 5.76. The molecule has 8 heteroatoms. The molecule has 2 N–H and O–H groups in total. The number of nitrogens with zero attached hydrogens (tertiary/aromatic N) is 4. The second kappa shape index (κ2) is 11.7. The molecule has 2 aromatic rings. The van der Waals surface area contributed by atoms with Gasteiger partial charge in [0.15, 0.2) is 5.11 Å². The fourth-order valence-electron chi connectivity index (χ4n) is 5.84. The van der Waals surface area contributed by atoms with Crippen LogP contribution in [0.25, 0.3) is 0 Å². The molecule has 0 spiro atoms. The maximum Gasteiger partial charge on any atom is 0.232 e. The molecule has 1 atom stereocenters. The normalized spacial score (nSPS) is 22.2. The zero-order valence-electron chi connectivity index (χ0n) is 21.5. The molecule has 194 valence electrons. The minimum Gasteiger partial charge on any atom is -0.381 e. The minimum absolute atomic E-state index is 0.0108. The van der Waals surface area contributed by atoms with E-state index < -0.39 is 0 Å². The van der Waals surface area contributed by atoms with Gasteiger partial charge in [0.2, 0.25) is 5.95 Å². The summed E-state index contributed by atoms with van der Waals surface area (Å²) < 4.78 is 5.69. The first-order chi connectivity index (χ1) is 17.6. The van der Waals surface area contributed by atoms with Gasteiger partial charge in [-0.25, -0.2) is 0 Å². The quantitative estimate of drug-likeness (QED) is 0.543. The number of rotatable bonds is 6. The summed E-state index contributed by atoms with van der Waals surface area (Å²) in [5, 5.41) is 7.41. The van der Waals surface area contributed by atoms with Crippen molar-refractivity contribution in [3.63, 3.8) is 0 Å². The first-order valence-corrected chi connectivity index (χ1v) is 14.1. The fourth-order valence-corrected chi connectivity index (χ4v) is 6.00. The van der Waals surface area contributed by atoms with Crippen molar-refractivity contribution in [2.45, 2.75) is 57.3 Å². The van der Waals surface area contributed by atoms with Crippen LogP contribution in [0.2, 0.25) is 0 Å². The van der Waals surface area contributed by atoms with Crippen molar-refractivity contribution in [1.82, 2.24) is 15.3 Å². The predicted molar refractivity (Wildman–Crippen MR) is 151 cm³/mol. The van der Waals surface area contributed by atoms with Crippen molar-refractivity contribution in [3.8, 4) is 0 Å². The average Bonchev–Trinajstić information content (AvgIpc) is 2.93. The van der Waals surface area contributed by atoms with E-state index in [1.807, 2.05) is 0 Å². The van der Waals surface area contributed by atoms with E-state index in [4.69, 9.17) is 26.9 Å². The molecule has 5 rings (SSSR count). The maximum absolute atomic E-state index is 5.76. The van der Waals surface area contributed by atoms with E-state index in [-0.39, 0.29) is 5.41 Å². The Morgan fingerprint density at radius 2 is 1.69 bits per heavy atom. The molecule has 3 aliphatic rings. The van der Waals surface area contributed by atoms with Crippen LogP contribution in [0, 0.1) is 5.92 Å². The van der Waals surface area contributed by atoms with Crippen LogP contribution in [0.15, 0.2) is 36.4 Å². The summed E-state index contributed by atoms with van der Waals surface area (Å²) in [5.41, 5.74) is 1.35. The SMILES string of the molecule is CC1CCCN(c2cc(N3CCCCC3)nc(NC(=S)NCC3(c4ccccc4)CCOCC3)n2)C1. The Hall–Kier alpha value is -2.45. The highest BCUT2D eigenvalue weighted by atomic mass is 32.1. The average molecular weight is 509 g/mol. The van der Waals surface area contributed by atoms with Gasteiger partial charge in [-0.2, -0.15) is 9.97 Å². The Balaban J connectivity index is 1.32. The van der Waals surface area contributed by atoms with Gasteiger partial charge in [-0.05, 0) is 68.6 Å². The van der Waals surface area contributed by atoms with E-state index in [0.29, 0.717) is 17.0 Å². The van der Waals surface area contributed by atoms with Crippen LogP contribution in [0.3, 0.4) is 0 Å². The van der Waals surface area contributed by atoms with Gasteiger partial charge in [0.05, 0.1) is 0 Å². The molecular formula is C28H40N6OS. The van der Waals surface area contributed by atoms with E-state index >= 15 is 0 Å². The lowest BCUT2D eigenvalue weighted by Crippen LogP contribution is -2.45. The number of anilines is 3. The van der Waals surface area contributed by atoms with Gasteiger partial charge in [-0.3, -0.25) is 0 Å². The Morgan fingerprint density at radius 3 is 2.42 bits per heavy atom. The number of aromatic nitrogens is 2. The van der Waals surface area contributed by atoms with Gasteiger partial charge in [0.1, 0.15) is 11.6 Å². The fraction of sp³-hybridized carbons (Fsp3) is 0.607. The van der Waals surface area contributed by atoms with Crippen molar-refractivity contribution in [1.29, 1.82) is 0 Å². The van der Waals surface area contributed by atoms with Crippen LogP contribution in [0.5, 0.6) is 0 Å². The van der Waals surface area contributed by atoms with Crippen molar-refractivity contribution >= 4 is 34.9 Å². The molecule has 0 bridgehead atoms. The smallest absolute Gasteiger partial charge is 0.232 e. The Morgan fingerprint density at radius 1 is 1.00 bits per heavy atom. The molecule has 0 saturated carbocycles. The summed E-state index contributed by atoms with van der Waals surface area (Å²) >= 11 is 5.76. The van der Waals surface area contributed by atoms with Gasteiger partial charge in [-0.15, -0.1) is 0 Å². The highest BCUT2D eigenvalue weighted by Crippen LogP contribution is 2.34. The summed E-state index contributed by atoms with van der Waals surface area (Å²) in [6, 6.07) is 12.9. The van der Waals surface area contributed by atoms with E-state index in [2.05, 4.69) is 63.8 Å². The molecule has 1 aromatic carbocycles. The number of thiocarbonyl (C=S) groups is 1. The van der Waals surface area contributed by atoms with E-state index in [0.717, 1.165) is 70.4 Å². The lowest BCUT2D eigenvalue weighted by atomic mass is 9.74. The van der Waals surface area contributed by atoms with Crippen LogP contribution in [0.4, 0.5) is 17.6 Å². The monoisotopic (exact) mass is 508 g/mol. The van der Waals surface area contributed by atoms with E-state index in [1.165, 1.54) is 37.7 Å². The van der Waals surface area contributed by atoms with Crippen molar-refractivity contribution in [2.24, 2.45) is 5.92 Å². The largest absolute Gasteiger partial charge is 0.381 e. The van der Waals surface area contributed by atoms with Crippen LogP contribution < -0.4 is 20.4 Å². The molecule has 1 unspecified atom stereocenters. The molecule has 1 aromatic heterocycles. The van der Waals surface area contributed by atoms with Gasteiger partial charge < -0.3 is 25.2 Å². The van der Waals surface area contributed by atoms with Crippen LogP contribution >= 0.6 is 12.2 Å². The molecule has 4 heterocycles. The summed E-state index contributed by atoms with van der Waals surface area (Å²) in [6.45, 7) is 8.83. The molecule has 0 radical (unpaired) electrons. The number of nitrogens with one attached hydrogen (secondary N) is 2. The topological polar surface area (TPSA) is 65.5 Å². The van der Waals surface area contributed by atoms with Crippen LogP contribution in [-0.2, 0) is 10.2 Å². The summed E-state index contributed by atoms with van der Waals surface area (Å²) in [4.78, 5) is 14.6. The molecule has 0 amide bonds. The van der Waals surface area contributed by atoms with Crippen molar-refractivity contribution in [2.75, 3.05) is 61.1 Å². The molecular weight excluding hydrogens is 468 g/mol. The Bertz CT molecular complexity index is 1010. The second-order valence-electron chi connectivity index (χ2n) is 10.7. The number of piperidine rings is 2. The second-order valence-corrected chi connectivity index (χ2v) is 11.1. The predicted octanol–water partition coefficient (Wildman–Crippen LogP) is 4.74. The first kappa shape index (κ1) is 25.2. The van der Waals surface area contributed by atoms with Gasteiger partial charge >= 0.3 is 0 Å². The number of ether oxygens (including phenoxy) is 1. The van der Waals surface area contributed by atoms with Crippen LogP contribution in [-0.4, -0.2) is 61.0 Å². The third-order valence-electron chi connectivity index (χ3n) is 8.01. The van der Waals surface area contributed by atoms with Gasteiger partial charge in [-0.1, -0.05) is 37.3 Å². The third kappa shape index (κ3) is 6.09. The minimum atomic E-state index is 0.0108. The lowest BCUT2D eigenvalue weighted by Gasteiger charge is -2.38. The van der Waals surface area contributed by atoms with Crippen molar-refractivity contribution in [3.05, 3.63) is 42.0 Å². The van der Waals surface area contributed by atoms with E-state index in [9.17, 15) is 0 Å². The molecule has 3 aliphatic heterocycles. The Kier molecular flexibility index (Phi) is 8.22. The third-order valence-corrected chi connectivity index (χ3v) is 8.26. The van der Waals surface area contributed by atoms with Gasteiger partial charge in [0, 0.05) is 57.4 Å². The zero-order chi connectivity index (χ0) is 24.8. The molecule has 7 nitrogen and oxygen atoms in total. The molecule has 36 heavy (non-hydrogen) atoms. The highest BCUT2D eigenvalue weighted by Gasteiger charge is 2.34. The standard InChI is InChI=1S/C28H40N6OS/c1-22-9-8-16-34(20-22)25-19-24(33-14-6-3-7-15-33)30-26(31-25)32-27(36)29-21-28(12-17-35-18-13-28)23-10-4-2-5-11-23/h2,4-5,10-11,19,22H,3,6-9,12-18,20-21H2,1H3,(H2,29,30,31,32,36).